The highest BCUT2D eigenvalue weighted by atomic mass is 16.5. The molecular formula is C16H27N3O3. The van der Waals surface area contributed by atoms with E-state index in [4.69, 9.17) is 19.9 Å². The molecule has 0 spiro atoms. The lowest BCUT2D eigenvalue weighted by molar-refractivity contribution is 0.155. The molecule has 3 N–H and O–H groups in total. The van der Waals surface area contributed by atoms with Crippen LogP contribution >= 0.6 is 0 Å². The molecule has 0 saturated carbocycles. The third-order valence-electron chi connectivity index (χ3n) is 3.32. The number of hydrogen-bond donors (Lipinski definition) is 2. The van der Waals surface area contributed by atoms with Crippen molar-refractivity contribution in [2.45, 2.75) is 20.3 Å². The summed E-state index contributed by atoms with van der Waals surface area (Å²) in [6, 6.07) is 5.49. The number of nitrogens with zero attached hydrogens (tertiary/aromatic N) is 1. The third-order valence-corrected chi connectivity index (χ3v) is 3.32. The first-order chi connectivity index (χ1) is 10.4. The molecule has 124 valence electrons. The van der Waals surface area contributed by atoms with Crippen molar-refractivity contribution in [2.24, 2.45) is 16.1 Å². The number of anilines is 1. The monoisotopic (exact) mass is 309 g/mol. The first kappa shape index (κ1) is 18.1. The summed E-state index contributed by atoms with van der Waals surface area (Å²) < 4.78 is 15.6. The van der Waals surface area contributed by atoms with E-state index < -0.39 is 0 Å². The number of rotatable bonds is 8. The van der Waals surface area contributed by atoms with E-state index >= 15 is 0 Å². The molecule has 0 aliphatic rings. The zero-order chi connectivity index (χ0) is 16.6. The molecule has 0 atom stereocenters. The van der Waals surface area contributed by atoms with Crippen molar-refractivity contribution in [2.75, 3.05) is 39.8 Å². The summed E-state index contributed by atoms with van der Waals surface area (Å²) >= 11 is 0. The van der Waals surface area contributed by atoms with Crippen molar-refractivity contribution >= 4 is 11.6 Å². The van der Waals surface area contributed by atoms with Gasteiger partial charge in [-0.15, -0.1) is 0 Å². The van der Waals surface area contributed by atoms with Gasteiger partial charge in [0.05, 0.1) is 14.2 Å². The molecule has 22 heavy (non-hydrogen) atoms. The minimum Gasteiger partial charge on any atom is -0.493 e. The van der Waals surface area contributed by atoms with Gasteiger partial charge in [-0.1, -0.05) is 13.8 Å². The average molecular weight is 309 g/mol. The van der Waals surface area contributed by atoms with Crippen molar-refractivity contribution < 1.29 is 14.2 Å². The Kier molecular flexibility index (Phi) is 6.98. The first-order valence-corrected chi connectivity index (χ1v) is 7.20. The predicted octanol–water partition coefficient (Wildman–Crippen LogP) is 2.49. The topological polar surface area (TPSA) is 78.1 Å². The highest BCUT2D eigenvalue weighted by Gasteiger charge is 2.17. The lowest BCUT2D eigenvalue weighted by atomic mass is 9.90. The molecule has 0 radical (unpaired) electrons. The van der Waals surface area contributed by atoms with E-state index in [1.807, 2.05) is 18.2 Å². The van der Waals surface area contributed by atoms with Crippen LogP contribution in [0, 0.1) is 5.41 Å². The van der Waals surface area contributed by atoms with Crippen LogP contribution in [-0.4, -0.2) is 40.4 Å². The number of benzene rings is 1. The van der Waals surface area contributed by atoms with E-state index in [9.17, 15) is 0 Å². The Labute approximate surface area is 132 Å². The number of ether oxygens (including phenoxy) is 3. The fourth-order valence-corrected chi connectivity index (χ4v) is 1.86. The molecule has 6 nitrogen and oxygen atoms in total. The fraction of sp³-hybridized carbons (Fsp3) is 0.562. The Morgan fingerprint density at radius 3 is 2.45 bits per heavy atom. The van der Waals surface area contributed by atoms with Crippen LogP contribution in [0.15, 0.2) is 23.2 Å². The van der Waals surface area contributed by atoms with Crippen LogP contribution in [0.5, 0.6) is 11.5 Å². The van der Waals surface area contributed by atoms with Crippen molar-refractivity contribution in [1.82, 2.24) is 0 Å². The molecule has 6 heteroatoms. The van der Waals surface area contributed by atoms with Crippen LogP contribution in [0.25, 0.3) is 0 Å². The summed E-state index contributed by atoms with van der Waals surface area (Å²) in [5.74, 6) is 1.68. The third kappa shape index (κ3) is 5.81. The Morgan fingerprint density at radius 2 is 1.86 bits per heavy atom. The van der Waals surface area contributed by atoms with Gasteiger partial charge in [-0.2, -0.15) is 0 Å². The van der Waals surface area contributed by atoms with Gasteiger partial charge in [0.15, 0.2) is 17.5 Å². The molecule has 0 amide bonds. The molecular weight excluding hydrogens is 282 g/mol. The van der Waals surface area contributed by atoms with Crippen molar-refractivity contribution in [1.29, 1.82) is 0 Å². The summed E-state index contributed by atoms with van der Waals surface area (Å²) in [5, 5.41) is 3.06. The van der Waals surface area contributed by atoms with Crippen LogP contribution in [0.4, 0.5) is 5.69 Å². The van der Waals surface area contributed by atoms with E-state index in [0.29, 0.717) is 30.6 Å². The largest absolute Gasteiger partial charge is 0.493 e. The maximum atomic E-state index is 5.94. The van der Waals surface area contributed by atoms with Crippen molar-refractivity contribution in [3.05, 3.63) is 18.2 Å². The summed E-state index contributed by atoms with van der Waals surface area (Å²) in [6.07, 6.45) is 0.927. The van der Waals surface area contributed by atoms with Gasteiger partial charge in [-0.05, 0) is 24.0 Å². The molecule has 0 heterocycles. The standard InChI is InChI=1S/C16H27N3O3/c1-16(2,8-9-20-3)11-18-15(17)19-12-6-7-13(21-4)14(10-12)22-5/h6-7,10H,8-9,11H2,1-5H3,(H3,17,18,19). The van der Waals surface area contributed by atoms with Crippen LogP contribution in [-0.2, 0) is 4.74 Å². The fourth-order valence-electron chi connectivity index (χ4n) is 1.86. The lowest BCUT2D eigenvalue weighted by Crippen LogP contribution is -2.26. The molecule has 1 rings (SSSR count). The van der Waals surface area contributed by atoms with Crippen molar-refractivity contribution in [3.8, 4) is 11.5 Å². The molecule has 1 aromatic rings. The van der Waals surface area contributed by atoms with Gasteiger partial charge in [0.2, 0.25) is 0 Å². The van der Waals surface area contributed by atoms with Crippen LogP contribution in [0.1, 0.15) is 20.3 Å². The van der Waals surface area contributed by atoms with Crippen LogP contribution < -0.4 is 20.5 Å². The second kappa shape index (κ2) is 8.48. The quantitative estimate of drug-likeness (QED) is 0.570. The van der Waals surface area contributed by atoms with Gasteiger partial charge in [-0.25, -0.2) is 0 Å². The molecule has 0 aromatic heterocycles. The van der Waals surface area contributed by atoms with Crippen LogP contribution in [0.2, 0.25) is 0 Å². The number of guanidine groups is 1. The maximum absolute atomic E-state index is 5.94. The zero-order valence-corrected chi connectivity index (χ0v) is 14.1. The Hall–Kier alpha value is -1.95. The lowest BCUT2D eigenvalue weighted by Gasteiger charge is -2.22. The molecule has 0 bridgehead atoms. The molecule has 0 aliphatic heterocycles. The van der Waals surface area contributed by atoms with E-state index in [0.717, 1.165) is 12.1 Å². The molecule has 0 fully saturated rings. The Morgan fingerprint density at radius 1 is 1.18 bits per heavy atom. The van der Waals surface area contributed by atoms with Gasteiger partial charge in [0.1, 0.15) is 0 Å². The average Bonchev–Trinajstić information content (AvgIpc) is 2.51. The summed E-state index contributed by atoms with van der Waals surface area (Å²) in [7, 11) is 4.90. The summed E-state index contributed by atoms with van der Waals surface area (Å²) in [6.45, 7) is 5.62. The van der Waals surface area contributed by atoms with Gasteiger partial charge in [0, 0.05) is 32.0 Å². The number of nitrogens with one attached hydrogen (secondary N) is 1. The highest BCUT2D eigenvalue weighted by molar-refractivity contribution is 5.92. The second-order valence-corrected chi connectivity index (χ2v) is 5.80. The van der Waals surface area contributed by atoms with Gasteiger partial charge < -0.3 is 25.3 Å². The number of methoxy groups -OCH3 is 3. The molecule has 0 unspecified atom stereocenters. The molecule has 0 saturated heterocycles. The Bertz CT molecular complexity index is 501. The first-order valence-electron chi connectivity index (χ1n) is 7.20. The molecule has 0 aliphatic carbocycles. The minimum atomic E-state index is 0.0416. The number of hydrogen-bond acceptors (Lipinski definition) is 4. The van der Waals surface area contributed by atoms with E-state index in [1.165, 1.54) is 0 Å². The van der Waals surface area contributed by atoms with Gasteiger partial charge >= 0.3 is 0 Å². The summed E-state index contributed by atoms with van der Waals surface area (Å²) in [4.78, 5) is 4.40. The van der Waals surface area contributed by atoms with Crippen molar-refractivity contribution in [3.63, 3.8) is 0 Å². The highest BCUT2D eigenvalue weighted by Crippen LogP contribution is 2.29. The second-order valence-electron chi connectivity index (χ2n) is 5.80. The van der Waals surface area contributed by atoms with E-state index in [-0.39, 0.29) is 5.41 Å². The maximum Gasteiger partial charge on any atom is 0.193 e. The number of nitrogens with two attached hydrogens (primary N) is 1. The normalized spacial score (nSPS) is 12.1. The van der Waals surface area contributed by atoms with E-state index in [1.54, 1.807) is 21.3 Å². The van der Waals surface area contributed by atoms with Gasteiger partial charge in [-0.3, -0.25) is 4.99 Å². The predicted molar refractivity (Wildman–Crippen MR) is 89.9 cm³/mol. The smallest absolute Gasteiger partial charge is 0.193 e. The van der Waals surface area contributed by atoms with Gasteiger partial charge in [0.25, 0.3) is 0 Å². The molecule has 1 aromatic carbocycles. The Balaban J connectivity index is 2.67. The zero-order valence-electron chi connectivity index (χ0n) is 14.1. The minimum absolute atomic E-state index is 0.0416. The SMILES string of the molecule is COCCC(C)(C)CN=C(N)Nc1ccc(OC)c(OC)c1. The van der Waals surface area contributed by atoms with E-state index in [2.05, 4.69) is 24.2 Å². The number of aliphatic imine (C=N–C) groups is 1. The summed E-state index contributed by atoms with van der Waals surface area (Å²) in [5.41, 5.74) is 6.78. The van der Waals surface area contributed by atoms with Crippen LogP contribution in [0.3, 0.4) is 0 Å².